The van der Waals surface area contributed by atoms with E-state index in [2.05, 4.69) is 17.1 Å². The molecular weight excluding hydrogens is 218 g/mol. The van der Waals surface area contributed by atoms with Gasteiger partial charge in [-0.3, -0.25) is 0 Å². The molecule has 16 heavy (non-hydrogen) atoms. The minimum Gasteiger partial charge on any atom is -0.399 e. The summed E-state index contributed by atoms with van der Waals surface area (Å²) in [6.45, 7) is 2.18. The van der Waals surface area contributed by atoms with Crippen LogP contribution in [0.2, 0.25) is 0 Å². The van der Waals surface area contributed by atoms with Crippen LogP contribution in [0.5, 0.6) is 0 Å². The number of nitrogens with zero attached hydrogens (tertiary/aromatic N) is 2. The topological polar surface area (TPSA) is 51.8 Å². The molecule has 0 unspecified atom stereocenters. The molecule has 1 heterocycles. The normalized spacial score (nSPS) is 10.6. The van der Waals surface area contributed by atoms with Gasteiger partial charge in [0.15, 0.2) is 0 Å². The van der Waals surface area contributed by atoms with Crippen molar-refractivity contribution in [3.05, 3.63) is 29.3 Å². The Hall–Kier alpha value is -1.42. The highest BCUT2D eigenvalue weighted by Crippen LogP contribution is 2.24. The molecule has 0 saturated carbocycles. The number of rotatable bonds is 4. The van der Waals surface area contributed by atoms with Crippen molar-refractivity contribution >= 4 is 17.0 Å². The molecular formula is C12H15N3S. The molecule has 0 aliphatic rings. The molecule has 0 aliphatic heterocycles. The molecule has 1 aromatic carbocycles. The summed E-state index contributed by atoms with van der Waals surface area (Å²) in [6, 6.07) is 7.75. The highest BCUT2D eigenvalue weighted by molar-refractivity contribution is 7.14. The zero-order valence-electron chi connectivity index (χ0n) is 9.31. The van der Waals surface area contributed by atoms with Crippen LogP contribution in [-0.2, 0) is 6.42 Å². The molecule has 4 heteroatoms. The number of anilines is 1. The first-order valence-corrected chi connectivity index (χ1v) is 6.29. The number of aryl methyl sites for hydroxylation is 1. The van der Waals surface area contributed by atoms with E-state index < -0.39 is 0 Å². The summed E-state index contributed by atoms with van der Waals surface area (Å²) in [5, 5.41) is 10.5. The van der Waals surface area contributed by atoms with Crippen molar-refractivity contribution in [1.29, 1.82) is 0 Å². The van der Waals surface area contributed by atoms with Gasteiger partial charge in [0, 0.05) is 17.7 Å². The van der Waals surface area contributed by atoms with Crippen LogP contribution < -0.4 is 5.73 Å². The van der Waals surface area contributed by atoms with Crippen LogP contribution in [-0.4, -0.2) is 10.2 Å². The molecule has 0 atom stereocenters. The predicted molar refractivity (Wildman–Crippen MR) is 68.4 cm³/mol. The maximum Gasteiger partial charge on any atom is 0.147 e. The first kappa shape index (κ1) is 11.1. The standard InChI is InChI=1S/C12H15N3S/c1-2-3-4-11-14-15-12(16-11)9-5-7-10(13)8-6-9/h5-8H,2-4,13H2,1H3. The minimum absolute atomic E-state index is 0.777. The van der Waals surface area contributed by atoms with Gasteiger partial charge >= 0.3 is 0 Å². The lowest BCUT2D eigenvalue weighted by molar-refractivity contribution is 0.780. The Kier molecular flexibility index (Phi) is 3.51. The Labute approximate surface area is 99.3 Å². The fourth-order valence-corrected chi connectivity index (χ4v) is 2.31. The van der Waals surface area contributed by atoms with Crippen LogP contribution in [0, 0.1) is 0 Å². The van der Waals surface area contributed by atoms with Gasteiger partial charge in [0.25, 0.3) is 0 Å². The third kappa shape index (κ3) is 2.58. The van der Waals surface area contributed by atoms with Crippen molar-refractivity contribution in [3.8, 4) is 10.6 Å². The molecule has 2 rings (SSSR count). The average Bonchev–Trinajstić information content (AvgIpc) is 2.76. The Morgan fingerprint density at radius 2 is 1.94 bits per heavy atom. The van der Waals surface area contributed by atoms with Gasteiger partial charge in [-0.25, -0.2) is 0 Å². The Balaban J connectivity index is 2.15. The monoisotopic (exact) mass is 233 g/mol. The number of hydrogen-bond donors (Lipinski definition) is 1. The van der Waals surface area contributed by atoms with Crippen molar-refractivity contribution < 1.29 is 0 Å². The molecule has 2 aromatic rings. The van der Waals surface area contributed by atoms with E-state index in [0.717, 1.165) is 27.7 Å². The number of nitrogen functional groups attached to an aromatic ring is 1. The second-order valence-electron chi connectivity index (χ2n) is 3.73. The first-order chi connectivity index (χ1) is 7.79. The van der Waals surface area contributed by atoms with E-state index in [9.17, 15) is 0 Å². The first-order valence-electron chi connectivity index (χ1n) is 5.48. The van der Waals surface area contributed by atoms with Crippen LogP contribution in [0.15, 0.2) is 24.3 Å². The maximum absolute atomic E-state index is 5.64. The number of aromatic nitrogens is 2. The SMILES string of the molecule is CCCCc1nnc(-c2ccc(N)cc2)s1. The Morgan fingerprint density at radius 1 is 1.19 bits per heavy atom. The van der Waals surface area contributed by atoms with E-state index in [1.807, 2.05) is 24.3 Å². The molecule has 0 amide bonds. The number of benzene rings is 1. The van der Waals surface area contributed by atoms with Gasteiger partial charge in [-0.05, 0) is 30.7 Å². The lowest BCUT2D eigenvalue weighted by atomic mass is 10.2. The van der Waals surface area contributed by atoms with E-state index in [4.69, 9.17) is 5.73 Å². The molecule has 84 valence electrons. The quantitative estimate of drug-likeness (QED) is 0.825. The fourth-order valence-electron chi connectivity index (χ4n) is 1.42. The van der Waals surface area contributed by atoms with Crippen molar-refractivity contribution in [2.75, 3.05) is 5.73 Å². The van der Waals surface area contributed by atoms with E-state index in [0.29, 0.717) is 0 Å². The maximum atomic E-state index is 5.64. The molecule has 3 nitrogen and oxygen atoms in total. The van der Waals surface area contributed by atoms with Gasteiger partial charge in [-0.15, -0.1) is 10.2 Å². The summed E-state index contributed by atoms with van der Waals surface area (Å²) < 4.78 is 0. The van der Waals surface area contributed by atoms with Crippen LogP contribution in [0.1, 0.15) is 24.8 Å². The van der Waals surface area contributed by atoms with Crippen LogP contribution in [0.3, 0.4) is 0 Å². The third-order valence-corrected chi connectivity index (χ3v) is 3.40. The van der Waals surface area contributed by atoms with Gasteiger partial charge in [-0.2, -0.15) is 0 Å². The van der Waals surface area contributed by atoms with Crippen LogP contribution in [0.25, 0.3) is 10.6 Å². The van der Waals surface area contributed by atoms with E-state index in [1.165, 1.54) is 12.8 Å². The van der Waals surface area contributed by atoms with E-state index >= 15 is 0 Å². The lowest BCUT2D eigenvalue weighted by Crippen LogP contribution is -1.83. The summed E-state index contributed by atoms with van der Waals surface area (Å²) in [4.78, 5) is 0. The number of nitrogens with two attached hydrogens (primary N) is 1. The van der Waals surface area contributed by atoms with Crippen molar-refractivity contribution in [2.24, 2.45) is 0 Å². The van der Waals surface area contributed by atoms with Crippen LogP contribution in [0.4, 0.5) is 5.69 Å². The smallest absolute Gasteiger partial charge is 0.147 e. The van der Waals surface area contributed by atoms with Gasteiger partial charge in [0.1, 0.15) is 10.0 Å². The predicted octanol–water partition coefficient (Wildman–Crippen LogP) is 3.13. The minimum atomic E-state index is 0.777. The molecule has 0 aliphatic carbocycles. The zero-order valence-corrected chi connectivity index (χ0v) is 10.1. The highest BCUT2D eigenvalue weighted by atomic mass is 32.1. The second kappa shape index (κ2) is 5.07. The van der Waals surface area contributed by atoms with Gasteiger partial charge in [0.2, 0.25) is 0 Å². The highest BCUT2D eigenvalue weighted by Gasteiger charge is 2.05. The fraction of sp³-hybridized carbons (Fsp3) is 0.333. The summed E-state index contributed by atoms with van der Waals surface area (Å²) in [5.41, 5.74) is 7.51. The van der Waals surface area contributed by atoms with Gasteiger partial charge in [0.05, 0.1) is 0 Å². The van der Waals surface area contributed by atoms with Crippen LogP contribution >= 0.6 is 11.3 Å². The number of unbranched alkanes of at least 4 members (excludes halogenated alkanes) is 1. The molecule has 1 aromatic heterocycles. The molecule has 0 bridgehead atoms. The summed E-state index contributed by atoms with van der Waals surface area (Å²) in [7, 11) is 0. The van der Waals surface area contributed by atoms with Crippen molar-refractivity contribution in [3.63, 3.8) is 0 Å². The second-order valence-corrected chi connectivity index (χ2v) is 4.79. The van der Waals surface area contributed by atoms with Crippen molar-refractivity contribution in [2.45, 2.75) is 26.2 Å². The molecule has 2 N–H and O–H groups in total. The zero-order chi connectivity index (χ0) is 11.4. The largest absolute Gasteiger partial charge is 0.399 e. The molecule has 0 spiro atoms. The molecule has 0 radical (unpaired) electrons. The Bertz CT molecular complexity index is 448. The van der Waals surface area contributed by atoms with Crippen molar-refractivity contribution in [1.82, 2.24) is 10.2 Å². The van der Waals surface area contributed by atoms with Gasteiger partial charge < -0.3 is 5.73 Å². The summed E-state index contributed by atoms with van der Waals surface area (Å²) in [6.07, 6.45) is 3.40. The van der Waals surface area contributed by atoms with E-state index in [-0.39, 0.29) is 0 Å². The average molecular weight is 233 g/mol. The summed E-state index contributed by atoms with van der Waals surface area (Å²) >= 11 is 1.67. The Morgan fingerprint density at radius 3 is 2.62 bits per heavy atom. The number of hydrogen-bond acceptors (Lipinski definition) is 4. The van der Waals surface area contributed by atoms with Gasteiger partial charge in [-0.1, -0.05) is 24.7 Å². The lowest BCUT2D eigenvalue weighted by Gasteiger charge is -1.95. The summed E-state index contributed by atoms with van der Waals surface area (Å²) in [5.74, 6) is 0. The molecule has 0 saturated heterocycles. The molecule has 0 fully saturated rings. The van der Waals surface area contributed by atoms with E-state index in [1.54, 1.807) is 11.3 Å². The third-order valence-electron chi connectivity index (χ3n) is 2.37.